The van der Waals surface area contributed by atoms with Crippen molar-refractivity contribution in [2.45, 2.75) is 26.7 Å². The summed E-state index contributed by atoms with van der Waals surface area (Å²) in [6, 6.07) is 6.13. The smallest absolute Gasteiger partial charge is 0.181 e. The molecule has 1 heterocycles. The van der Waals surface area contributed by atoms with Gasteiger partial charge in [-0.3, -0.25) is 5.10 Å². The van der Waals surface area contributed by atoms with E-state index in [9.17, 15) is 0 Å². The largest absolute Gasteiger partial charge is 0.263 e. The fourth-order valence-corrected chi connectivity index (χ4v) is 2.12. The maximum atomic E-state index is 4.48. The summed E-state index contributed by atoms with van der Waals surface area (Å²) >= 11 is 3.45. The highest BCUT2D eigenvalue weighted by Gasteiger charge is 2.08. The molecule has 0 bridgehead atoms. The predicted molar refractivity (Wildman–Crippen MR) is 68.3 cm³/mol. The van der Waals surface area contributed by atoms with Crippen molar-refractivity contribution in [3.63, 3.8) is 0 Å². The molecule has 0 spiro atoms. The second-order valence-electron chi connectivity index (χ2n) is 3.81. The fraction of sp³-hybridized carbons (Fsp3) is 0.333. The Kier molecular flexibility index (Phi) is 3.39. The highest BCUT2D eigenvalue weighted by molar-refractivity contribution is 9.10. The van der Waals surface area contributed by atoms with E-state index in [-0.39, 0.29) is 0 Å². The molecule has 1 aromatic heterocycles. The van der Waals surface area contributed by atoms with Crippen LogP contribution in [0.4, 0.5) is 0 Å². The summed E-state index contributed by atoms with van der Waals surface area (Å²) in [5.41, 5.74) is 2.26. The number of halogens is 1. The number of hydrogen-bond acceptors (Lipinski definition) is 2. The van der Waals surface area contributed by atoms with E-state index in [0.717, 1.165) is 34.5 Å². The van der Waals surface area contributed by atoms with Crippen molar-refractivity contribution in [1.82, 2.24) is 15.2 Å². The second kappa shape index (κ2) is 4.78. The Morgan fingerprint density at radius 3 is 2.88 bits per heavy atom. The van der Waals surface area contributed by atoms with Crippen LogP contribution in [0.1, 0.15) is 24.7 Å². The lowest BCUT2D eigenvalue weighted by Gasteiger charge is -2.01. The van der Waals surface area contributed by atoms with E-state index < -0.39 is 0 Å². The maximum Gasteiger partial charge on any atom is 0.181 e. The Hall–Kier alpha value is -1.16. The first-order valence-electron chi connectivity index (χ1n) is 5.38. The van der Waals surface area contributed by atoms with Crippen molar-refractivity contribution >= 4 is 15.9 Å². The average Bonchev–Trinajstić information content (AvgIpc) is 2.67. The Balaban J connectivity index is 2.35. The van der Waals surface area contributed by atoms with Crippen molar-refractivity contribution < 1.29 is 0 Å². The number of hydrogen-bond donors (Lipinski definition) is 1. The van der Waals surface area contributed by atoms with E-state index in [1.807, 2.05) is 12.1 Å². The van der Waals surface area contributed by atoms with E-state index in [1.165, 1.54) is 5.56 Å². The van der Waals surface area contributed by atoms with E-state index in [2.05, 4.69) is 51.0 Å². The highest BCUT2D eigenvalue weighted by Crippen LogP contribution is 2.23. The summed E-state index contributed by atoms with van der Waals surface area (Å²) in [5.74, 6) is 1.74. The van der Waals surface area contributed by atoms with Gasteiger partial charge in [0.1, 0.15) is 5.82 Å². The van der Waals surface area contributed by atoms with Crippen LogP contribution < -0.4 is 0 Å². The van der Waals surface area contributed by atoms with Gasteiger partial charge in [0.25, 0.3) is 0 Å². The number of H-pyrrole nitrogens is 1. The minimum atomic E-state index is 0.786. The van der Waals surface area contributed by atoms with Crippen molar-refractivity contribution in [2.75, 3.05) is 0 Å². The zero-order valence-electron chi connectivity index (χ0n) is 9.42. The summed E-state index contributed by atoms with van der Waals surface area (Å²) in [5, 5.41) is 7.22. The molecule has 0 amide bonds. The topological polar surface area (TPSA) is 41.6 Å². The monoisotopic (exact) mass is 279 g/mol. The number of aryl methyl sites for hydroxylation is 2. The van der Waals surface area contributed by atoms with Gasteiger partial charge in [0, 0.05) is 16.5 Å². The van der Waals surface area contributed by atoms with Gasteiger partial charge in [-0.25, -0.2) is 4.98 Å². The first kappa shape index (κ1) is 11.3. The maximum absolute atomic E-state index is 4.48. The molecule has 0 unspecified atom stereocenters. The molecule has 0 aliphatic heterocycles. The summed E-state index contributed by atoms with van der Waals surface area (Å²) in [4.78, 5) is 4.48. The third kappa shape index (κ3) is 2.32. The highest BCUT2D eigenvalue weighted by atomic mass is 79.9. The number of nitrogens with one attached hydrogen (secondary N) is 1. The molecule has 2 aromatic rings. The van der Waals surface area contributed by atoms with Crippen LogP contribution in [0.25, 0.3) is 11.4 Å². The van der Waals surface area contributed by atoms with Gasteiger partial charge < -0.3 is 0 Å². The zero-order chi connectivity index (χ0) is 11.5. The fourth-order valence-electron chi connectivity index (χ4n) is 1.64. The molecule has 0 fully saturated rings. The average molecular weight is 280 g/mol. The molecule has 0 radical (unpaired) electrons. The van der Waals surface area contributed by atoms with Crippen molar-refractivity contribution in [2.24, 2.45) is 0 Å². The van der Waals surface area contributed by atoms with Gasteiger partial charge in [0.15, 0.2) is 5.82 Å². The predicted octanol–water partition coefficient (Wildman–Crippen LogP) is 3.50. The van der Waals surface area contributed by atoms with Gasteiger partial charge >= 0.3 is 0 Å². The Labute approximate surface area is 103 Å². The number of nitrogens with zero attached hydrogens (tertiary/aromatic N) is 2. The molecule has 16 heavy (non-hydrogen) atoms. The lowest BCUT2D eigenvalue weighted by molar-refractivity contribution is 0.841. The molecular weight excluding hydrogens is 266 g/mol. The van der Waals surface area contributed by atoms with Crippen LogP contribution in [0.5, 0.6) is 0 Å². The minimum absolute atomic E-state index is 0.786. The summed E-state index contributed by atoms with van der Waals surface area (Å²) in [6.07, 6.45) is 2.02. The quantitative estimate of drug-likeness (QED) is 0.935. The summed E-state index contributed by atoms with van der Waals surface area (Å²) in [6.45, 7) is 4.20. The molecule has 1 N–H and O–H groups in total. The Morgan fingerprint density at radius 2 is 2.19 bits per heavy atom. The summed E-state index contributed by atoms with van der Waals surface area (Å²) in [7, 11) is 0. The zero-order valence-corrected chi connectivity index (χ0v) is 11.0. The lowest BCUT2D eigenvalue weighted by atomic mass is 10.1. The third-order valence-electron chi connectivity index (χ3n) is 2.45. The van der Waals surface area contributed by atoms with E-state index in [4.69, 9.17) is 0 Å². The molecule has 4 heteroatoms. The standard InChI is InChI=1S/C12H14BrN3/c1-3-4-11-14-12(16-15-11)10-6-5-9(13)7-8(10)2/h5-7H,3-4H2,1-2H3,(H,14,15,16). The summed E-state index contributed by atoms with van der Waals surface area (Å²) < 4.78 is 1.08. The molecule has 0 saturated heterocycles. The molecule has 2 rings (SSSR count). The molecule has 0 aliphatic carbocycles. The first-order chi connectivity index (χ1) is 7.70. The van der Waals surface area contributed by atoms with E-state index in [0.29, 0.717) is 0 Å². The van der Waals surface area contributed by atoms with Gasteiger partial charge in [0.2, 0.25) is 0 Å². The van der Waals surface area contributed by atoms with Crippen LogP contribution in [0.15, 0.2) is 22.7 Å². The van der Waals surface area contributed by atoms with Gasteiger partial charge in [0.05, 0.1) is 0 Å². The molecule has 0 atom stereocenters. The van der Waals surface area contributed by atoms with Gasteiger partial charge in [-0.1, -0.05) is 22.9 Å². The van der Waals surface area contributed by atoms with Crippen molar-refractivity contribution in [3.8, 4) is 11.4 Å². The Morgan fingerprint density at radius 1 is 1.38 bits per heavy atom. The van der Waals surface area contributed by atoms with Crippen LogP contribution in [-0.2, 0) is 6.42 Å². The number of rotatable bonds is 3. The van der Waals surface area contributed by atoms with Crippen LogP contribution in [0.2, 0.25) is 0 Å². The number of benzene rings is 1. The van der Waals surface area contributed by atoms with Gasteiger partial charge in [-0.05, 0) is 37.1 Å². The van der Waals surface area contributed by atoms with Gasteiger partial charge in [-0.2, -0.15) is 5.10 Å². The molecule has 0 saturated carbocycles. The van der Waals surface area contributed by atoms with Crippen molar-refractivity contribution in [1.29, 1.82) is 0 Å². The molecular formula is C12H14BrN3. The molecule has 1 aromatic carbocycles. The van der Waals surface area contributed by atoms with Crippen LogP contribution in [0.3, 0.4) is 0 Å². The second-order valence-corrected chi connectivity index (χ2v) is 4.73. The number of aromatic amines is 1. The van der Waals surface area contributed by atoms with E-state index >= 15 is 0 Å². The van der Waals surface area contributed by atoms with E-state index in [1.54, 1.807) is 0 Å². The SMILES string of the molecule is CCCc1nc(-c2ccc(Br)cc2C)n[nH]1. The normalized spacial score (nSPS) is 10.7. The lowest BCUT2D eigenvalue weighted by Crippen LogP contribution is -1.87. The molecule has 84 valence electrons. The van der Waals surface area contributed by atoms with Gasteiger partial charge in [-0.15, -0.1) is 0 Å². The third-order valence-corrected chi connectivity index (χ3v) is 2.94. The van der Waals surface area contributed by atoms with Crippen LogP contribution >= 0.6 is 15.9 Å². The van der Waals surface area contributed by atoms with Crippen LogP contribution in [0, 0.1) is 6.92 Å². The molecule has 3 nitrogen and oxygen atoms in total. The Bertz CT molecular complexity index is 491. The van der Waals surface area contributed by atoms with Crippen LogP contribution in [-0.4, -0.2) is 15.2 Å². The minimum Gasteiger partial charge on any atom is -0.263 e. The molecule has 0 aliphatic rings. The van der Waals surface area contributed by atoms with Crippen molar-refractivity contribution in [3.05, 3.63) is 34.1 Å². The number of aromatic nitrogens is 3. The first-order valence-corrected chi connectivity index (χ1v) is 6.18.